The van der Waals surface area contributed by atoms with Gasteiger partial charge >= 0.3 is 6.03 Å². The Morgan fingerprint density at radius 1 is 1.10 bits per heavy atom. The van der Waals surface area contributed by atoms with E-state index in [1.165, 1.54) is 0 Å². The third kappa shape index (κ3) is 3.75. The summed E-state index contributed by atoms with van der Waals surface area (Å²) in [6.07, 6.45) is 0. The predicted molar refractivity (Wildman–Crippen MR) is 80.0 cm³/mol. The molecule has 0 unspecified atom stereocenters. The number of methoxy groups -OCH3 is 1. The van der Waals surface area contributed by atoms with Crippen LogP contribution in [-0.4, -0.2) is 13.1 Å². The molecule has 0 aliphatic heterocycles. The van der Waals surface area contributed by atoms with Gasteiger partial charge in [-0.15, -0.1) is 0 Å². The van der Waals surface area contributed by atoms with Crippen molar-refractivity contribution < 1.29 is 9.53 Å². The van der Waals surface area contributed by atoms with Crippen molar-refractivity contribution in [2.45, 2.75) is 13.5 Å². The van der Waals surface area contributed by atoms with Crippen molar-refractivity contribution >= 4 is 11.7 Å². The van der Waals surface area contributed by atoms with Gasteiger partial charge in [0.2, 0.25) is 0 Å². The van der Waals surface area contributed by atoms with Gasteiger partial charge in [0, 0.05) is 12.2 Å². The zero-order valence-electron chi connectivity index (χ0n) is 11.6. The first-order chi connectivity index (χ1) is 9.69. The Hall–Kier alpha value is -2.49. The number of hydrogen-bond acceptors (Lipinski definition) is 2. The molecule has 4 nitrogen and oxygen atoms in total. The van der Waals surface area contributed by atoms with E-state index in [1.807, 2.05) is 55.5 Å². The minimum atomic E-state index is -0.213. The molecular weight excluding hydrogens is 252 g/mol. The summed E-state index contributed by atoms with van der Waals surface area (Å²) >= 11 is 0. The fourth-order valence-electron chi connectivity index (χ4n) is 1.81. The van der Waals surface area contributed by atoms with Gasteiger partial charge in [0.05, 0.1) is 7.11 Å². The van der Waals surface area contributed by atoms with E-state index in [1.54, 1.807) is 7.11 Å². The van der Waals surface area contributed by atoms with Gasteiger partial charge in [-0.1, -0.05) is 30.3 Å². The van der Waals surface area contributed by atoms with E-state index in [0.29, 0.717) is 6.54 Å². The number of carbonyl (C=O) groups excluding carboxylic acids is 1. The highest BCUT2D eigenvalue weighted by Crippen LogP contribution is 2.13. The van der Waals surface area contributed by atoms with Crippen LogP contribution in [0.5, 0.6) is 5.75 Å². The van der Waals surface area contributed by atoms with Gasteiger partial charge in [-0.05, 0) is 36.2 Å². The third-order valence-electron chi connectivity index (χ3n) is 3.01. The lowest BCUT2D eigenvalue weighted by atomic mass is 10.2. The molecule has 20 heavy (non-hydrogen) atoms. The first kappa shape index (κ1) is 13.9. The number of rotatable bonds is 4. The number of hydrogen-bond donors (Lipinski definition) is 2. The maximum Gasteiger partial charge on any atom is 0.319 e. The Bertz CT molecular complexity index is 579. The van der Waals surface area contributed by atoms with Crippen LogP contribution in [0.4, 0.5) is 10.5 Å². The second-order valence-electron chi connectivity index (χ2n) is 4.47. The van der Waals surface area contributed by atoms with Crippen LogP contribution in [0.1, 0.15) is 11.1 Å². The van der Waals surface area contributed by atoms with Gasteiger partial charge in [0.1, 0.15) is 5.75 Å². The number of aryl methyl sites for hydroxylation is 1. The van der Waals surface area contributed by atoms with E-state index in [-0.39, 0.29) is 6.03 Å². The van der Waals surface area contributed by atoms with Crippen molar-refractivity contribution in [3.8, 4) is 5.75 Å². The summed E-state index contributed by atoms with van der Waals surface area (Å²) in [7, 11) is 1.63. The average Bonchev–Trinajstić information content (AvgIpc) is 2.48. The van der Waals surface area contributed by atoms with Crippen LogP contribution in [0.2, 0.25) is 0 Å². The zero-order chi connectivity index (χ0) is 14.4. The highest BCUT2D eigenvalue weighted by Gasteiger charge is 2.03. The summed E-state index contributed by atoms with van der Waals surface area (Å²) in [4.78, 5) is 11.8. The lowest BCUT2D eigenvalue weighted by Crippen LogP contribution is -2.28. The van der Waals surface area contributed by atoms with E-state index in [9.17, 15) is 4.79 Å². The Balaban J connectivity index is 1.87. The zero-order valence-corrected chi connectivity index (χ0v) is 11.6. The Morgan fingerprint density at radius 3 is 2.45 bits per heavy atom. The molecule has 0 atom stereocenters. The van der Waals surface area contributed by atoms with Gasteiger partial charge in [-0.25, -0.2) is 4.79 Å². The molecule has 2 rings (SSSR count). The van der Waals surface area contributed by atoms with Gasteiger partial charge < -0.3 is 15.4 Å². The topological polar surface area (TPSA) is 50.4 Å². The quantitative estimate of drug-likeness (QED) is 0.895. The van der Waals surface area contributed by atoms with Gasteiger partial charge in [0.25, 0.3) is 0 Å². The van der Waals surface area contributed by atoms with Crippen LogP contribution >= 0.6 is 0 Å². The van der Waals surface area contributed by atoms with Crippen molar-refractivity contribution in [2.75, 3.05) is 12.4 Å². The molecule has 0 heterocycles. The predicted octanol–water partition coefficient (Wildman–Crippen LogP) is 3.33. The van der Waals surface area contributed by atoms with E-state index >= 15 is 0 Å². The lowest BCUT2D eigenvalue weighted by Gasteiger charge is -2.10. The molecule has 0 saturated heterocycles. The molecule has 4 heteroatoms. The van der Waals surface area contributed by atoms with Crippen molar-refractivity contribution in [3.63, 3.8) is 0 Å². The van der Waals surface area contributed by atoms with Crippen LogP contribution in [0, 0.1) is 6.92 Å². The summed E-state index contributed by atoms with van der Waals surface area (Å²) in [5.74, 6) is 0.804. The standard InChI is InChI=1S/C16H18N2O2/c1-12-5-3-4-6-15(12)18-16(19)17-11-13-7-9-14(20-2)10-8-13/h3-10H,11H2,1-2H3,(H2,17,18,19). The van der Waals surface area contributed by atoms with Crippen LogP contribution in [0.3, 0.4) is 0 Å². The first-order valence-electron chi connectivity index (χ1n) is 6.42. The van der Waals surface area contributed by atoms with Crippen LogP contribution in [0.15, 0.2) is 48.5 Å². The highest BCUT2D eigenvalue weighted by molar-refractivity contribution is 5.89. The molecule has 0 aliphatic carbocycles. The number of urea groups is 1. The van der Waals surface area contributed by atoms with Crippen molar-refractivity contribution in [1.82, 2.24) is 5.32 Å². The summed E-state index contributed by atoms with van der Waals surface area (Å²) in [5, 5.41) is 5.65. The first-order valence-corrected chi connectivity index (χ1v) is 6.42. The molecular formula is C16H18N2O2. The minimum Gasteiger partial charge on any atom is -0.497 e. The minimum absolute atomic E-state index is 0.213. The fraction of sp³-hybridized carbons (Fsp3) is 0.188. The average molecular weight is 270 g/mol. The second kappa shape index (κ2) is 6.61. The van der Waals surface area contributed by atoms with E-state index < -0.39 is 0 Å². The Morgan fingerprint density at radius 2 is 1.80 bits per heavy atom. The normalized spacial score (nSPS) is 9.90. The highest BCUT2D eigenvalue weighted by atomic mass is 16.5. The summed E-state index contributed by atoms with van der Waals surface area (Å²) in [5.41, 5.74) is 2.87. The molecule has 2 N–H and O–H groups in total. The molecule has 0 bridgehead atoms. The van der Waals surface area contributed by atoms with Crippen molar-refractivity contribution in [2.24, 2.45) is 0 Å². The van der Waals surface area contributed by atoms with Gasteiger partial charge in [0.15, 0.2) is 0 Å². The summed E-state index contributed by atoms with van der Waals surface area (Å²) < 4.78 is 5.09. The molecule has 0 radical (unpaired) electrons. The maximum atomic E-state index is 11.8. The fourth-order valence-corrected chi connectivity index (χ4v) is 1.81. The number of benzene rings is 2. The number of carbonyl (C=O) groups is 1. The van der Waals surface area contributed by atoms with Crippen molar-refractivity contribution in [1.29, 1.82) is 0 Å². The molecule has 2 amide bonds. The summed E-state index contributed by atoms with van der Waals surface area (Å²) in [6, 6.07) is 15.0. The number of anilines is 1. The molecule has 2 aromatic rings. The van der Waals surface area contributed by atoms with E-state index in [0.717, 1.165) is 22.6 Å². The smallest absolute Gasteiger partial charge is 0.319 e. The molecule has 0 spiro atoms. The van der Waals surface area contributed by atoms with Crippen LogP contribution in [0.25, 0.3) is 0 Å². The molecule has 104 valence electrons. The maximum absolute atomic E-state index is 11.8. The molecule has 0 aromatic heterocycles. The van der Waals surface area contributed by atoms with Crippen LogP contribution < -0.4 is 15.4 Å². The second-order valence-corrected chi connectivity index (χ2v) is 4.47. The third-order valence-corrected chi connectivity index (χ3v) is 3.01. The van der Waals surface area contributed by atoms with Crippen molar-refractivity contribution in [3.05, 3.63) is 59.7 Å². The van der Waals surface area contributed by atoms with E-state index in [4.69, 9.17) is 4.74 Å². The van der Waals surface area contributed by atoms with Crippen LogP contribution in [-0.2, 0) is 6.54 Å². The Kier molecular flexibility index (Phi) is 4.60. The van der Waals surface area contributed by atoms with E-state index in [2.05, 4.69) is 10.6 Å². The number of para-hydroxylation sites is 1. The SMILES string of the molecule is COc1ccc(CNC(=O)Nc2ccccc2C)cc1. The Labute approximate surface area is 118 Å². The molecule has 0 saturated carbocycles. The largest absolute Gasteiger partial charge is 0.497 e. The number of nitrogens with one attached hydrogen (secondary N) is 2. The summed E-state index contributed by atoms with van der Waals surface area (Å²) in [6.45, 7) is 2.43. The monoisotopic (exact) mass is 270 g/mol. The number of amides is 2. The van der Waals surface area contributed by atoms with Gasteiger partial charge in [-0.2, -0.15) is 0 Å². The molecule has 2 aromatic carbocycles. The number of ether oxygens (including phenoxy) is 1. The molecule has 0 fully saturated rings. The van der Waals surface area contributed by atoms with Gasteiger partial charge in [-0.3, -0.25) is 0 Å². The molecule has 0 aliphatic rings. The lowest BCUT2D eigenvalue weighted by molar-refractivity contribution is 0.251.